The molecule has 0 radical (unpaired) electrons. The van der Waals surface area contributed by atoms with Crippen molar-refractivity contribution in [2.75, 3.05) is 19.7 Å². The fourth-order valence-corrected chi connectivity index (χ4v) is 3.47. The number of aromatic nitrogens is 2. The molecule has 2 aromatic rings. The number of carbonyl (C=O) groups is 1. The largest absolute Gasteiger partial charge is 0.507 e. The van der Waals surface area contributed by atoms with Crippen LogP contribution in [0.25, 0.3) is 5.57 Å². The van der Waals surface area contributed by atoms with Gasteiger partial charge < -0.3 is 14.9 Å². The Morgan fingerprint density at radius 1 is 1.29 bits per heavy atom. The van der Waals surface area contributed by atoms with Gasteiger partial charge in [-0.25, -0.2) is 0 Å². The summed E-state index contributed by atoms with van der Waals surface area (Å²) in [4.78, 5) is 13.3. The molecule has 28 heavy (non-hydrogen) atoms. The summed E-state index contributed by atoms with van der Waals surface area (Å²) in [6.07, 6.45) is 2.57. The normalized spacial score (nSPS) is 16.5. The number of aldehydes is 1. The Bertz CT molecular complexity index is 870. The number of aliphatic hydroxyl groups is 1. The van der Waals surface area contributed by atoms with Crippen LogP contribution in [0.5, 0.6) is 11.5 Å². The summed E-state index contributed by atoms with van der Waals surface area (Å²) in [6, 6.07) is 6.97. The van der Waals surface area contributed by atoms with Gasteiger partial charge in [0, 0.05) is 25.3 Å². The number of hydrogen-bond donors (Lipinski definition) is 2. The van der Waals surface area contributed by atoms with E-state index in [1.165, 1.54) is 6.07 Å². The maximum atomic E-state index is 11.3. The zero-order chi connectivity index (χ0) is 20.3. The average Bonchev–Trinajstić information content (AvgIpc) is 3.16. The first kappa shape index (κ1) is 20.1. The highest BCUT2D eigenvalue weighted by Crippen LogP contribution is 2.31. The molecule has 1 aliphatic rings. The fourth-order valence-electron chi connectivity index (χ4n) is 3.47. The van der Waals surface area contributed by atoms with E-state index in [9.17, 15) is 15.0 Å². The smallest absolute Gasteiger partial charge is 0.157 e. The first-order valence-electron chi connectivity index (χ1n) is 9.49. The lowest BCUT2D eigenvalue weighted by atomic mass is 9.97. The van der Waals surface area contributed by atoms with Gasteiger partial charge in [0.25, 0.3) is 0 Å². The van der Waals surface area contributed by atoms with E-state index in [-0.39, 0.29) is 17.4 Å². The molecule has 150 valence electrons. The van der Waals surface area contributed by atoms with Crippen molar-refractivity contribution in [3.63, 3.8) is 0 Å². The second-order valence-corrected chi connectivity index (χ2v) is 7.28. The summed E-state index contributed by atoms with van der Waals surface area (Å²) in [6.45, 7) is 7.53. The quantitative estimate of drug-likeness (QED) is 0.713. The summed E-state index contributed by atoms with van der Waals surface area (Å²) in [5.74, 6) is 0.265. The summed E-state index contributed by atoms with van der Waals surface area (Å²) >= 11 is 0. The first-order valence-corrected chi connectivity index (χ1v) is 9.49. The van der Waals surface area contributed by atoms with E-state index in [0.717, 1.165) is 29.8 Å². The number of nitrogens with zero attached hydrogens (tertiary/aromatic N) is 3. The number of aromatic hydroxyl groups is 1. The number of benzene rings is 1. The average molecular weight is 385 g/mol. The molecular formula is C21H27N3O4. The van der Waals surface area contributed by atoms with Gasteiger partial charge in [-0.15, -0.1) is 0 Å². The summed E-state index contributed by atoms with van der Waals surface area (Å²) in [7, 11) is 0. The van der Waals surface area contributed by atoms with Crippen LogP contribution in [-0.4, -0.2) is 57.1 Å². The minimum Gasteiger partial charge on any atom is -0.507 e. The summed E-state index contributed by atoms with van der Waals surface area (Å²) in [5.41, 5.74) is 3.33. The molecular weight excluding hydrogens is 358 g/mol. The lowest BCUT2D eigenvalue weighted by Gasteiger charge is -2.33. The highest BCUT2D eigenvalue weighted by atomic mass is 16.5. The fraction of sp³-hybridized carbons (Fsp3) is 0.429. The Hall–Kier alpha value is -2.64. The second-order valence-electron chi connectivity index (χ2n) is 7.28. The Labute approximate surface area is 164 Å². The maximum absolute atomic E-state index is 11.3. The molecule has 2 heterocycles. The van der Waals surface area contributed by atoms with E-state index in [1.807, 2.05) is 15.6 Å². The van der Waals surface area contributed by atoms with Crippen molar-refractivity contribution in [3.05, 3.63) is 47.3 Å². The Morgan fingerprint density at radius 3 is 2.75 bits per heavy atom. The monoisotopic (exact) mass is 385 g/mol. The number of ether oxygens (including phenoxy) is 1. The van der Waals surface area contributed by atoms with Crippen molar-refractivity contribution in [2.45, 2.75) is 39.5 Å². The molecule has 3 rings (SSSR count). The molecule has 2 N–H and O–H groups in total. The third kappa shape index (κ3) is 4.10. The van der Waals surface area contributed by atoms with E-state index >= 15 is 0 Å². The SMILES string of the molecule is CC(O)N1CCC(COc2cccc(O)c2C=O)=C(c2ccnn2C(C)C)C1. The van der Waals surface area contributed by atoms with Crippen molar-refractivity contribution in [3.8, 4) is 11.5 Å². The number of phenols is 1. The minimum absolute atomic E-state index is 0.0940. The molecule has 0 saturated heterocycles. The van der Waals surface area contributed by atoms with E-state index in [0.29, 0.717) is 25.2 Å². The summed E-state index contributed by atoms with van der Waals surface area (Å²) < 4.78 is 7.88. The van der Waals surface area contributed by atoms with Crippen molar-refractivity contribution < 1.29 is 19.7 Å². The van der Waals surface area contributed by atoms with Gasteiger partial charge in [0.15, 0.2) is 6.29 Å². The predicted molar refractivity (Wildman–Crippen MR) is 106 cm³/mol. The van der Waals surface area contributed by atoms with Gasteiger partial charge in [0.2, 0.25) is 0 Å². The van der Waals surface area contributed by atoms with Gasteiger partial charge in [0.1, 0.15) is 24.3 Å². The van der Waals surface area contributed by atoms with Crippen LogP contribution in [0.1, 0.15) is 49.3 Å². The third-order valence-electron chi connectivity index (χ3n) is 5.05. The van der Waals surface area contributed by atoms with Gasteiger partial charge in [-0.05, 0) is 56.5 Å². The molecule has 0 fully saturated rings. The van der Waals surface area contributed by atoms with Crippen LogP contribution in [0.3, 0.4) is 0 Å². The highest BCUT2D eigenvalue weighted by Gasteiger charge is 2.25. The van der Waals surface area contributed by atoms with Gasteiger partial charge in [-0.2, -0.15) is 5.10 Å². The van der Waals surface area contributed by atoms with Crippen LogP contribution < -0.4 is 4.74 Å². The number of carbonyl (C=O) groups excluding carboxylic acids is 1. The molecule has 1 atom stereocenters. The molecule has 1 unspecified atom stereocenters. The molecule has 7 heteroatoms. The zero-order valence-corrected chi connectivity index (χ0v) is 16.5. The van der Waals surface area contributed by atoms with Gasteiger partial charge in [0.05, 0.1) is 11.3 Å². The Kier molecular flexibility index (Phi) is 6.16. The van der Waals surface area contributed by atoms with Gasteiger partial charge in [-0.3, -0.25) is 14.4 Å². The second kappa shape index (κ2) is 8.58. The van der Waals surface area contributed by atoms with E-state index in [1.54, 1.807) is 25.3 Å². The van der Waals surface area contributed by atoms with Crippen LogP contribution in [0, 0.1) is 0 Å². The standard InChI is InChI=1S/C21H27N3O4/c1-14(2)24-19(7-9-22-24)17-11-23(15(3)26)10-8-16(17)13-28-21-6-4-5-20(27)18(21)12-25/h4-7,9,12,14-15,26-27H,8,10-11,13H2,1-3H3. The molecule has 0 spiro atoms. The predicted octanol–water partition coefficient (Wildman–Crippen LogP) is 2.86. The number of aliphatic hydroxyl groups excluding tert-OH is 1. The van der Waals surface area contributed by atoms with Gasteiger partial charge in [-0.1, -0.05) is 6.07 Å². The molecule has 0 amide bonds. The number of rotatable bonds is 7. The van der Waals surface area contributed by atoms with Crippen molar-refractivity contribution in [1.29, 1.82) is 0 Å². The molecule has 0 aliphatic carbocycles. The third-order valence-corrected chi connectivity index (χ3v) is 5.05. The molecule has 7 nitrogen and oxygen atoms in total. The minimum atomic E-state index is -0.541. The van der Waals surface area contributed by atoms with Crippen molar-refractivity contribution in [1.82, 2.24) is 14.7 Å². The molecule has 0 saturated carbocycles. The van der Waals surface area contributed by atoms with E-state index in [2.05, 4.69) is 18.9 Å². The van der Waals surface area contributed by atoms with Crippen LogP contribution >= 0.6 is 0 Å². The van der Waals surface area contributed by atoms with Crippen molar-refractivity contribution in [2.24, 2.45) is 0 Å². The zero-order valence-electron chi connectivity index (χ0n) is 16.5. The lowest BCUT2D eigenvalue weighted by molar-refractivity contribution is 0.0261. The van der Waals surface area contributed by atoms with Crippen LogP contribution in [0.15, 0.2) is 36.0 Å². The van der Waals surface area contributed by atoms with E-state index < -0.39 is 6.23 Å². The molecule has 1 aromatic heterocycles. The van der Waals surface area contributed by atoms with Crippen LogP contribution in [0.2, 0.25) is 0 Å². The maximum Gasteiger partial charge on any atom is 0.157 e. The highest BCUT2D eigenvalue weighted by molar-refractivity contribution is 5.83. The summed E-state index contributed by atoms with van der Waals surface area (Å²) in [5, 5.41) is 24.3. The van der Waals surface area contributed by atoms with Gasteiger partial charge >= 0.3 is 0 Å². The van der Waals surface area contributed by atoms with Crippen molar-refractivity contribution >= 4 is 11.9 Å². The lowest BCUT2D eigenvalue weighted by Crippen LogP contribution is -2.39. The topological polar surface area (TPSA) is 87.8 Å². The molecule has 0 bridgehead atoms. The van der Waals surface area contributed by atoms with E-state index in [4.69, 9.17) is 4.74 Å². The first-order chi connectivity index (χ1) is 13.4. The van der Waals surface area contributed by atoms with Crippen LogP contribution in [0.4, 0.5) is 0 Å². The van der Waals surface area contributed by atoms with Crippen LogP contribution in [-0.2, 0) is 0 Å². The molecule has 1 aliphatic heterocycles. The number of hydrogen-bond acceptors (Lipinski definition) is 6. The Balaban J connectivity index is 1.94. The Morgan fingerprint density at radius 2 is 2.07 bits per heavy atom. The molecule has 1 aromatic carbocycles. The number of phenolic OH excluding ortho intramolecular Hbond substituents is 1.